The molecule has 1 atom stereocenters. The zero-order valence-electron chi connectivity index (χ0n) is 18.6. The predicted octanol–water partition coefficient (Wildman–Crippen LogP) is 6.36. The van der Waals surface area contributed by atoms with Gasteiger partial charge in [0.25, 0.3) is 0 Å². The summed E-state index contributed by atoms with van der Waals surface area (Å²) < 4.78 is 11.0. The van der Waals surface area contributed by atoms with Crippen molar-refractivity contribution in [1.82, 2.24) is 9.97 Å². The highest BCUT2D eigenvalue weighted by atomic mass is 16.5. The van der Waals surface area contributed by atoms with Crippen LogP contribution in [0.25, 0.3) is 22.0 Å². The van der Waals surface area contributed by atoms with Crippen LogP contribution in [0.5, 0.6) is 11.5 Å². The van der Waals surface area contributed by atoms with Crippen molar-refractivity contribution in [1.29, 1.82) is 0 Å². The molecule has 1 N–H and O–H groups in total. The molecule has 3 aromatic carbocycles. The first kappa shape index (κ1) is 20.3. The van der Waals surface area contributed by atoms with Gasteiger partial charge in [-0.2, -0.15) is 0 Å². The molecule has 1 saturated carbocycles. The Morgan fingerprint density at radius 2 is 1.56 bits per heavy atom. The van der Waals surface area contributed by atoms with Gasteiger partial charge in [-0.3, -0.25) is 0 Å². The Hall–Kier alpha value is -3.60. The van der Waals surface area contributed by atoms with Crippen LogP contribution in [0.1, 0.15) is 43.1 Å². The minimum absolute atomic E-state index is 0.0666. The van der Waals surface area contributed by atoms with E-state index < -0.39 is 0 Å². The number of anilines is 1. The van der Waals surface area contributed by atoms with Crippen LogP contribution in [0.2, 0.25) is 0 Å². The smallest absolute Gasteiger partial charge is 0.162 e. The van der Waals surface area contributed by atoms with Gasteiger partial charge in [0.2, 0.25) is 0 Å². The normalized spacial score (nSPS) is 14.2. The molecule has 32 heavy (non-hydrogen) atoms. The lowest BCUT2D eigenvalue weighted by atomic mass is 10.00. The standard InChI is InChI=1S/C27H27N3O2/c1-17(20-10-7-11-21(14-20)18-8-5-4-6-9-18)28-27-22-15-24(31-2)25(32-3)16-23(22)29-26(30-27)19-12-13-19/h4-11,14-17,19H,12-13H2,1-3H3,(H,28,29,30)/t17-/m1/s1. The van der Waals surface area contributed by atoms with Crippen molar-refractivity contribution >= 4 is 16.7 Å². The molecule has 0 amide bonds. The molecule has 1 aliphatic carbocycles. The second-order valence-corrected chi connectivity index (χ2v) is 8.29. The summed E-state index contributed by atoms with van der Waals surface area (Å²) in [6, 6.07) is 23.1. The van der Waals surface area contributed by atoms with Crippen LogP contribution in [0.4, 0.5) is 5.82 Å². The van der Waals surface area contributed by atoms with Gasteiger partial charge in [-0.1, -0.05) is 48.5 Å². The molecular formula is C27H27N3O2. The average molecular weight is 426 g/mol. The van der Waals surface area contributed by atoms with Crippen molar-refractivity contribution in [2.75, 3.05) is 19.5 Å². The van der Waals surface area contributed by atoms with Gasteiger partial charge in [-0.15, -0.1) is 0 Å². The van der Waals surface area contributed by atoms with Gasteiger partial charge in [0.05, 0.1) is 19.7 Å². The first-order valence-electron chi connectivity index (χ1n) is 11.0. The van der Waals surface area contributed by atoms with Crippen molar-refractivity contribution in [2.24, 2.45) is 0 Å². The summed E-state index contributed by atoms with van der Waals surface area (Å²) in [5.41, 5.74) is 4.48. The lowest BCUT2D eigenvalue weighted by molar-refractivity contribution is 0.356. The van der Waals surface area contributed by atoms with Crippen LogP contribution in [-0.2, 0) is 0 Å². The molecule has 1 fully saturated rings. The molecule has 1 aliphatic rings. The summed E-state index contributed by atoms with van der Waals surface area (Å²) in [5, 5.41) is 4.57. The molecule has 0 bridgehead atoms. The topological polar surface area (TPSA) is 56.3 Å². The van der Waals surface area contributed by atoms with E-state index in [9.17, 15) is 0 Å². The van der Waals surface area contributed by atoms with Crippen LogP contribution in [0.15, 0.2) is 66.7 Å². The summed E-state index contributed by atoms with van der Waals surface area (Å²) in [7, 11) is 3.29. The number of benzene rings is 3. The first-order valence-corrected chi connectivity index (χ1v) is 11.0. The van der Waals surface area contributed by atoms with E-state index in [0.29, 0.717) is 17.4 Å². The molecule has 0 spiro atoms. The average Bonchev–Trinajstić information content (AvgIpc) is 3.69. The Bertz CT molecular complexity index is 1250. The Morgan fingerprint density at radius 1 is 0.844 bits per heavy atom. The predicted molar refractivity (Wildman–Crippen MR) is 129 cm³/mol. The van der Waals surface area contributed by atoms with E-state index in [1.54, 1.807) is 14.2 Å². The summed E-state index contributed by atoms with van der Waals surface area (Å²) in [4.78, 5) is 9.75. The maximum atomic E-state index is 5.54. The Morgan fingerprint density at radius 3 is 2.28 bits per heavy atom. The van der Waals surface area contributed by atoms with Gasteiger partial charge in [0.1, 0.15) is 11.6 Å². The van der Waals surface area contributed by atoms with Crippen LogP contribution in [0.3, 0.4) is 0 Å². The number of hydrogen-bond donors (Lipinski definition) is 1. The van der Waals surface area contributed by atoms with Crippen LogP contribution < -0.4 is 14.8 Å². The number of methoxy groups -OCH3 is 2. The third kappa shape index (κ3) is 3.98. The van der Waals surface area contributed by atoms with Gasteiger partial charge in [0, 0.05) is 23.4 Å². The molecule has 0 radical (unpaired) electrons. The van der Waals surface area contributed by atoms with E-state index in [-0.39, 0.29) is 6.04 Å². The molecule has 0 saturated heterocycles. The number of nitrogens with one attached hydrogen (secondary N) is 1. The monoisotopic (exact) mass is 425 g/mol. The summed E-state index contributed by atoms with van der Waals surface area (Å²) in [6.07, 6.45) is 2.29. The number of aromatic nitrogens is 2. The van der Waals surface area contributed by atoms with E-state index in [0.717, 1.165) is 35.4 Å². The van der Waals surface area contributed by atoms with Crippen LogP contribution in [0, 0.1) is 0 Å². The fraction of sp³-hybridized carbons (Fsp3) is 0.259. The lowest BCUT2D eigenvalue weighted by Crippen LogP contribution is -2.10. The Balaban J connectivity index is 1.53. The maximum Gasteiger partial charge on any atom is 0.162 e. The highest BCUT2D eigenvalue weighted by Crippen LogP contribution is 2.41. The summed E-state index contributed by atoms with van der Waals surface area (Å²) in [5.74, 6) is 3.53. The molecule has 0 aliphatic heterocycles. The molecule has 1 heterocycles. The third-order valence-corrected chi connectivity index (χ3v) is 6.01. The molecule has 4 aromatic rings. The van der Waals surface area contributed by atoms with Gasteiger partial charge < -0.3 is 14.8 Å². The fourth-order valence-corrected chi connectivity index (χ4v) is 4.01. The zero-order valence-corrected chi connectivity index (χ0v) is 18.6. The second-order valence-electron chi connectivity index (χ2n) is 8.29. The minimum atomic E-state index is 0.0666. The number of ether oxygens (including phenoxy) is 2. The van der Waals surface area contributed by atoms with Gasteiger partial charge in [-0.05, 0) is 48.6 Å². The maximum absolute atomic E-state index is 5.54. The zero-order chi connectivity index (χ0) is 22.1. The number of hydrogen-bond acceptors (Lipinski definition) is 5. The van der Waals surface area contributed by atoms with E-state index in [1.807, 2.05) is 18.2 Å². The molecule has 5 rings (SSSR count). The Labute approximate surface area is 188 Å². The van der Waals surface area contributed by atoms with Crippen molar-refractivity contribution in [3.05, 3.63) is 78.1 Å². The molecule has 0 unspecified atom stereocenters. The molecular weight excluding hydrogens is 398 g/mol. The first-order chi connectivity index (χ1) is 15.7. The highest BCUT2D eigenvalue weighted by molar-refractivity contribution is 5.92. The second kappa shape index (κ2) is 8.50. The molecule has 162 valence electrons. The minimum Gasteiger partial charge on any atom is -0.493 e. The van der Waals surface area contributed by atoms with E-state index >= 15 is 0 Å². The Kier molecular flexibility index (Phi) is 5.39. The number of nitrogens with zero attached hydrogens (tertiary/aromatic N) is 2. The SMILES string of the molecule is COc1cc2nc(C3CC3)nc(N[C@H](C)c3cccc(-c4ccccc4)c3)c2cc1OC. The quantitative estimate of drug-likeness (QED) is 0.373. The van der Waals surface area contributed by atoms with Crippen molar-refractivity contribution in [2.45, 2.75) is 31.7 Å². The third-order valence-electron chi connectivity index (χ3n) is 6.01. The van der Waals surface area contributed by atoms with Crippen LogP contribution in [-0.4, -0.2) is 24.2 Å². The van der Waals surface area contributed by atoms with Crippen molar-refractivity contribution in [3.8, 4) is 22.6 Å². The van der Waals surface area contributed by atoms with Gasteiger partial charge in [0.15, 0.2) is 11.5 Å². The lowest BCUT2D eigenvalue weighted by Gasteiger charge is -2.19. The van der Waals surface area contributed by atoms with Crippen molar-refractivity contribution < 1.29 is 9.47 Å². The van der Waals surface area contributed by atoms with Gasteiger partial charge >= 0.3 is 0 Å². The fourth-order valence-electron chi connectivity index (χ4n) is 4.01. The largest absolute Gasteiger partial charge is 0.493 e. The van der Waals surface area contributed by atoms with Gasteiger partial charge in [-0.25, -0.2) is 9.97 Å². The number of rotatable bonds is 7. The molecule has 5 heteroatoms. The summed E-state index contributed by atoms with van der Waals surface area (Å²) >= 11 is 0. The van der Waals surface area contributed by atoms with E-state index in [2.05, 4.69) is 60.8 Å². The van der Waals surface area contributed by atoms with E-state index in [4.69, 9.17) is 19.4 Å². The molecule has 5 nitrogen and oxygen atoms in total. The number of fused-ring (bicyclic) bond motifs is 1. The molecule has 1 aromatic heterocycles. The highest BCUT2D eigenvalue weighted by Gasteiger charge is 2.28. The summed E-state index contributed by atoms with van der Waals surface area (Å²) in [6.45, 7) is 2.16. The van der Waals surface area contributed by atoms with E-state index in [1.165, 1.54) is 16.7 Å². The van der Waals surface area contributed by atoms with Crippen molar-refractivity contribution in [3.63, 3.8) is 0 Å². The van der Waals surface area contributed by atoms with Crippen LogP contribution >= 0.6 is 0 Å².